The zero-order valence-electron chi connectivity index (χ0n) is 13.6. The summed E-state index contributed by atoms with van der Waals surface area (Å²) in [6, 6.07) is 27.0. The van der Waals surface area contributed by atoms with Crippen LogP contribution < -0.4 is 11.5 Å². The SMILES string of the molecule is N#Cc1ccc(-c2cccc(C(N)/N=C(\N)c3ccccc3)c2)cc1. The van der Waals surface area contributed by atoms with Crippen LogP contribution in [0.2, 0.25) is 0 Å². The lowest BCUT2D eigenvalue weighted by atomic mass is 10.0. The number of hydrogen-bond donors (Lipinski definition) is 2. The van der Waals surface area contributed by atoms with Gasteiger partial charge in [0.05, 0.1) is 11.6 Å². The van der Waals surface area contributed by atoms with Crippen LogP contribution in [0.5, 0.6) is 0 Å². The summed E-state index contributed by atoms with van der Waals surface area (Å²) in [5, 5.41) is 8.90. The number of hydrogen-bond acceptors (Lipinski definition) is 3. The molecule has 0 aliphatic rings. The van der Waals surface area contributed by atoms with Gasteiger partial charge in [0.2, 0.25) is 0 Å². The van der Waals surface area contributed by atoms with E-state index in [4.69, 9.17) is 16.7 Å². The molecule has 0 bridgehead atoms. The predicted octanol–water partition coefficient (Wildman–Crippen LogP) is 3.59. The van der Waals surface area contributed by atoms with Crippen molar-refractivity contribution in [3.05, 3.63) is 95.6 Å². The van der Waals surface area contributed by atoms with Gasteiger partial charge in [-0.25, -0.2) is 4.99 Å². The summed E-state index contributed by atoms with van der Waals surface area (Å²) in [5.41, 5.74) is 16.7. The van der Waals surface area contributed by atoms with Gasteiger partial charge in [0.25, 0.3) is 0 Å². The summed E-state index contributed by atoms with van der Waals surface area (Å²) in [7, 11) is 0. The Hall–Kier alpha value is -3.42. The van der Waals surface area contributed by atoms with E-state index in [2.05, 4.69) is 11.1 Å². The third-order valence-electron chi connectivity index (χ3n) is 3.92. The van der Waals surface area contributed by atoms with Crippen LogP contribution in [0.15, 0.2) is 83.9 Å². The summed E-state index contributed by atoms with van der Waals surface area (Å²) in [6.45, 7) is 0. The molecule has 0 saturated heterocycles. The third kappa shape index (κ3) is 3.92. The van der Waals surface area contributed by atoms with Crippen LogP contribution >= 0.6 is 0 Å². The van der Waals surface area contributed by atoms with E-state index in [1.54, 1.807) is 12.1 Å². The van der Waals surface area contributed by atoms with Crippen molar-refractivity contribution in [1.82, 2.24) is 0 Å². The summed E-state index contributed by atoms with van der Waals surface area (Å²) in [6.07, 6.45) is -0.543. The molecule has 0 aliphatic heterocycles. The molecule has 122 valence electrons. The zero-order chi connectivity index (χ0) is 17.6. The molecule has 3 rings (SSSR count). The second-order valence-electron chi connectivity index (χ2n) is 5.64. The van der Waals surface area contributed by atoms with Crippen molar-refractivity contribution in [2.24, 2.45) is 16.5 Å². The molecule has 3 aromatic carbocycles. The number of nitrogens with two attached hydrogens (primary N) is 2. The van der Waals surface area contributed by atoms with Gasteiger partial charge in [0.15, 0.2) is 0 Å². The van der Waals surface area contributed by atoms with Crippen molar-refractivity contribution >= 4 is 5.84 Å². The van der Waals surface area contributed by atoms with E-state index in [1.165, 1.54) is 0 Å². The van der Waals surface area contributed by atoms with Crippen molar-refractivity contribution < 1.29 is 0 Å². The van der Waals surface area contributed by atoms with Gasteiger partial charge in [0.1, 0.15) is 12.0 Å². The summed E-state index contributed by atoms with van der Waals surface area (Å²) in [5.74, 6) is 0.414. The molecule has 0 fully saturated rings. The first-order valence-electron chi connectivity index (χ1n) is 7.92. The Morgan fingerprint density at radius 2 is 1.60 bits per heavy atom. The van der Waals surface area contributed by atoms with Crippen LogP contribution in [-0.4, -0.2) is 5.84 Å². The second kappa shape index (κ2) is 7.43. The van der Waals surface area contributed by atoms with E-state index in [9.17, 15) is 0 Å². The molecule has 4 nitrogen and oxygen atoms in total. The highest BCUT2D eigenvalue weighted by Crippen LogP contribution is 2.23. The average Bonchev–Trinajstić information content (AvgIpc) is 2.68. The number of nitrogens with zero attached hydrogens (tertiary/aromatic N) is 2. The molecule has 0 amide bonds. The van der Waals surface area contributed by atoms with Gasteiger partial charge < -0.3 is 11.5 Å². The van der Waals surface area contributed by atoms with E-state index >= 15 is 0 Å². The van der Waals surface area contributed by atoms with E-state index < -0.39 is 6.17 Å². The highest BCUT2D eigenvalue weighted by atomic mass is 15.0. The van der Waals surface area contributed by atoms with Crippen LogP contribution in [0, 0.1) is 11.3 Å². The largest absolute Gasteiger partial charge is 0.383 e. The Kier molecular flexibility index (Phi) is 4.89. The van der Waals surface area contributed by atoms with E-state index in [0.29, 0.717) is 11.4 Å². The molecule has 0 aromatic heterocycles. The van der Waals surface area contributed by atoms with Crippen molar-refractivity contribution in [3.8, 4) is 17.2 Å². The predicted molar refractivity (Wildman–Crippen MR) is 101 cm³/mol. The molecule has 0 aliphatic carbocycles. The van der Waals surface area contributed by atoms with Crippen molar-refractivity contribution in [3.63, 3.8) is 0 Å². The quantitative estimate of drug-likeness (QED) is 0.567. The minimum Gasteiger partial charge on any atom is -0.383 e. The lowest BCUT2D eigenvalue weighted by Gasteiger charge is -2.11. The van der Waals surface area contributed by atoms with Crippen molar-refractivity contribution in [2.75, 3.05) is 0 Å². The molecule has 1 atom stereocenters. The molecule has 0 saturated carbocycles. The number of nitriles is 1. The van der Waals surface area contributed by atoms with Gasteiger partial charge in [-0.15, -0.1) is 0 Å². The summed E-state index contributed by atoms with van der Waals surface area (Å²) >= 11 is 0. The second-order valence-corrected chi connectivity index (χ2v) is 5.64. The molecular weight excluding hydrogens is 308 g/mol. The molecule has 4 N–H and O–H groups in total. The monoisotopic (exact) mass is 326 g/mol. The van der Waals surface area contributed by atoms with Crippen LogP contribution in [0.1, 0.15) is 22.9 Å². The fourth-order valence-electron chi connectivity index (χ4n) is 2.55. The average molecular weight is 326 g/mol. The van der Waals surface area contributed by atoms with Gasteiger partial charge in [-0.2, -0.15) is 5.26 Å². The molecule has 0 spiro atoms. The number of aliphatic imine (C=N–C) groups is 1. The highest BCUT2D eigenvalue weighted by Gasteiger charge is 2.08. The Balaban J connectivity index is 1.86. The minimum absolute atomic E-state index is 0.414. The molecule has 25 heavy (non-hydrogen) atoms. The Labute approximate surface area is 147 Å². The molecule has 0 heterocycles. The first-order valence-corrected chi connectivity index (χ1v) is 7.92. The lowest BCUT2D eigenvalue weighted by molar-refractivity contribution is 0.775. The Morgan fingerprint density at radius 1 is 0.880 bits per heavy atom. The van der Waals surface area contributed by atoms with E-state index in [1.807, 2.05) is 66.7 Å². The van der Waals surface area contributed by atoms with Crippen molar-refractivity contribution in [2.45, 2.75) is 6.17 Å². The third-order valence-corrected chi connectivity index (χ3v) is 3.92. The minimum atomic E-state index is -0.543. The maximum absolute atomic E-state index is 8.90. The Morgan fingerprint density at radius 3 is 2.28 bits per heavy atom. The zero-order valence-corrected chi connectivity index (χ0v) is 13.6. The number of rotatable bonds is 4. The number of benzene rings is 3. The van der Waals surface area contributed by atoms with Crippen LogP contribution in [0.3, 0.4) is 0 Å². The van der Waals surface area contributed by atoms with Gasteiger partial charge >= 0.3 is 0 Å². The lowest BCUT2D eigenvalue weighted by Crippen LogP contribution is -2.18. The highest BCUT2D eigenvalue weighted by molar-refractivity contribution is 5.97. The van der Waals surface area contributed by atoms with E-state index in [0.717, 1.165) is 22.3 Å². The van der Waals surface area contributed by atoms with Gasteiger partial charge in [-0.05, 0) is 34.9 Å². The first-order chi connectivity index (χ1) is 12.2. The van der Waals surface area contributed by atoms with Gasteiger partial charge in [-0.3, -0.25) is 0 Å². The smallest absolute Gasteiger partial charge is 0.127 e. The van der Waals surface area contributed by atoms with Crippen molar-refractivity contribution in [1.29, 1.82) is 5.26 Å². The summed E-state index contributed by atoms with van der Waals surface area (Å²) < 4.78 is 0. The molecule has 3 aromatic rings. The molecule has 0 radical (unpaired) electrons. The maximum Gasteiger partial charge on any atom is 0.127 e. The Bertz CT molecular complexity index is 922. The molecule has 4 heteroatoms. The van der Waals surface area contributed by atoms with Crippen LogP contribution in [-0.2, 0) is 0 Å². The topological polar surface area (TPSA) is 88.2 Å². The standard InChI is InChI=1S/C21H18N4/c22-14-15-9-11-16(12-10-15)18-7-4-8-19(13-18)21(24)25-20(23)17-5-2-1-3-6-17/h1-13,21H,24H2,(H2,23,25). The van der Waals surface area contributed by atoms with Crippen LogP contribution in [0.4, 0.5) is 0 Å². The maximum atomic E-state index is 8.90. The van der Waals surface area contributed by atoms with Gasteiger partial charge in [-0.1, -0.05) is 60.7 Å². The van der Waals surface area contributed by atoms with Crippen LogP contribution in [0.25, 0.3) is 11.1 Å². The van der Waals surface area contributed by atoms with E-state index in [-0.39, 0.29) is 0 Å². The summed E-state index contributed by atoms with van der Waals surface area (Å²) in [4.78, 5) is 4.41. The van der Waals surface area contributed by atoms with Gasteiger partial charge in [0, 0.05) is 5.56 Å². The fourth-order valence-corrected chi connectivity index (χ4v) is 2.55. The number of amidine groups is 1. The first kappa shape index (κ1) is 16.4. The normalized spacial score (nSPS) is 12.4. The molecular formula is C21H18N4. The molecule has 1 unspecified atom stereocenters. The fraction of sp³-hybridized carbons (Fsp3) is 0.0476.